The predicted molar refractivity (Wildman–Crippen MR) is 144 cm³/mol. The first-order valence-corrected chi connectivity index (χ1v) is 12.3. The molecule has 7 nitrogen and oxygen atoms in total. The molecule has 7 heteroatoms. The molecule has 5 rings (SSSR count). The maximum Gasteiger partial charge on any atom is 0.254 e. The quantitative estimate of drug-likeness (QED) is 0.427. The predicted octanol–water partition coefficient (Wildman–Crippen LogP) is 4.17. The van der Waals surface area contributed by atoms with E-state index in [0.717, 1.165) is 60.5 Å². The lowest BCUT2D eigenvalue weighted by molar-refractivity contribution is 0.0949. The zero-order valence-electron chi connectivity index (χ0n) is 20.8. The summed E-state index contributed by atoms with van der Waals surface area (Å²) in [5.41, 5.74) is 5.09. The molecule has 2 heterocycles. The average Bonchev–Trinajstić information content (AvgIpc) is 2.93. The summed E-state index contributed by atoms with van der Waals surface area (Å²) in [5.74, 6) is 0.757. The van der Waals surface area contributed by atoms with Gasteiger partial charge in [0.2, 0.25) is 0 Å². The van der Waals surface area contributed by atoms with Gasteiger partial charge in [-0.3, -0.25) is 9.69 Å². The number of aromatic nitrogens is 2. The summed E-state index contributed by atoms with van der Waals surface area (Å²) in [4.78, 5) is 18.3. The molecule has 4 aromatic rings. The molecule has 0 atom stereocenters. The second-order valence-electron chi connectivity index (χ2n) is 9.09. The summed E-state index contributed by atoms with van der Waals surface area (Å²) in [6.45, 7) is 7.22. The zero-order chi connectivity index (χ0) is 24.9. The van der Waals surface area contributed by atoms with Gasteiger partial charge in [0.25, 0.3) is 5.91 Å². The van der Waals surface area contributed by atoms with E-state index in [1.54, 1.807) is 7.11 Å². The van der Waals surface area contributed by atoms with Gasteiger partial charge in [-0.15, -0.1) is 10.2 Å². The number of benzene rings is 3. The Morgan fingerprint density at radius 2 is 1.69 bits per heavy atom. The van der Waals surface area contributed by atoms with Crippen LogP contribution in [0.25, 0.3) is 22.2 Å². The first-order chi connectivity index (χ1) is 17.6. The van der Waals surface area contributed by atoms with Crippen molar-refractivity contribution in [3.05, 3.63) is 83.9 Å². The Bertz CT molecular complexity index is 1330. The van der Waals surface area contributed by atoms with Crippen LogP contribution in [0.3, 0.4) is 0 Å². The Morgan fingerprint density at radius 1 is 0.944 bits per heavy atom. The molecule has 0 unspecified atom stereocenters. The summed E-state index contributed by atoms with van der Waals surface area (Å²) >= 11 is 0. The van der Waals surface area contributed by atoms with Gasteiger partial charge in [0, 0.05) is 55.9 Å². The van der Waals surface area contributed by atoms with E-state index in [1.807, 2.05) is 67.6 Å². The van der Waals surface area contributed by atoms with E-state index in [-0.39, 0.29) is 5.91 Å². The number of carbonyl (C=O) groups excluding carboxylic acids is 1. The van der Waals surface area contributed by atoms with Crippen LogP contribution in [0.5, 0.6) is 5.75 Å². The number of methoxy groups -OCH3 is 1. The number of ether oxygens (including phenoxy) is 1. The van der Waals surface area contributed by atoms with E-state index in [0.29, 0.717) is 17.8 Å². The number of amides is 1. The van der Waals surface area contributed by atoms with Gasteiger partial charge in [0.15, 0.2) is 0 Å². The minimum Gasteiger partial charge on any atom is -0.497 e. The maximum absolute atomic E-state index is 13.5. The van der Waals surface area contributed by atoms with E-state index < -0.39 is 0 Å². The zero-order valence-corrected chi connectivity index (χ0v) is 20.8. The molecule has 1 aliphatic heterocycles. The van der Waals surface area contributed by atoms with E-state index in [2.05, 4.69) is 37.4 Å². The lowest BCUT2D eigenvalue weighted by Gasteiger charge is -2.36. The van der Waals surface area contributed by atoms with E-state index in [4.69, 9.17) is 4.74 Å². The van der Waals surface area contributed by atoms with E-state index in [1.165, 1.54) is 5.69 Å². The molecule has 1 N–H and O–H groups in total. The van der Waals surface area contributed by atoms with Crippen molar-refractivity contribution in [3.8, 4) is 17.0 Å². The summed E-state index contributed by atoms with van der Waals surface area (Å²) in [6.07, 6.45) is 0. The molecule has 1 saturated heterocycles. The lowest BCUT2D eigenvalue weighted by atomic mass is 10.00. The average molecular weight is 482 g/mol. The summed E-state index contributed by atoms with van der Waals surface area (Å²) in [6, 6.07) is 23.9. The number of nitrogens with one attached hydrogen (secondary N) is 1. The van der Waals surface area contributed by atoms with Crippen molar-refractivity contribution in [1.29, 1.82) is 0 Å². The largest absolute Gasteiger partial charge is 0.497 e. The van der Waals surface area contributed by atoms with Crippen LogP contribution in [-0.2, 0) is 0 Å². The highest BCUT2D eigenvalue weighted by Gasteiger charge is 2.21. The fourth-order valence-corrected chi connectivity index (χ4v) is 4.69. The van der Waals surface area contributed by atoms with Gasteiger partial charge in [-0.25, -0.2) is 0 Å². The third-order valence-corrected chi connectivity index (χ3v) is 6.71. The molecular formula is C29H31N5O2. The Morgan fingerprint density at radius 3 is 2.42 bits per heavy atom. The highest BCUT2D eigenvalue weighted by Crippen LogP contribution is 2.27. The molecule has 0 bridgehead atoms. The third kappa shape index (κ3) is 5.16. The van der Waals surface area contributed by atoms with Crippen LogP contribution in [-0.4, -0.2) is 67.4 Å². The fourth-order valence-electron chi connectivity index (χ4n) is 4.69. The van der Waals surface area contributed by atoms with Crippen LogP contribution in [0.15, 0.2) is 72.8 Å². The molecule has 1 fully saturated rings. The van der Waals surface area contributed by atoms with Gasteiger partial charge >= 0.3 is 0 Å². The molecule has 0 spiro atoms. The maximum atomic E-state index is 13.5. The molecule has 0 radical (unpaired) electrons. The third-order valence-electron chi connectivity index (χ3n) is 6.71. The van der Waals surface area contributed by atoms with Crippen molar-refractivity contribution >= 4 is 22.5 Å². The van der Waals surface area contributed by atoms with Crippen molar-refractivity contribution in [3.63, 3.8) is 0 Å². The van der Waals surface area contributed by atoms with Crippen molar-refractivity contribution in [2.75, 3.05) is 51.3 Å². The minimum atomic E-state index is -0.115. The first-order valence-electron chi connectivity index (χ1n) is 12.3. The Balaban J connectivity index is 1.24. The normalized spacial score (nSPS) is 14.1. The number of carbonyl (C=O) groups is 1. The van der Waals surface area contributed by atoms with Crippen molar-refractivity contribution in [2.24, 2.45) is 0 Å². The van der Waals surface area contributed by atoms with Gasteiger partial charge in [0.1, 0.15) is 11.4 Å². The van der Waals surface area contributed by atoms with Crippen LogP contribution in [0.1, 0.15) is 15.9 Å². The van der Waals surface area contributed by atoms with E-state index in [9.17, 15) is 4.79 Å². The Kier molecular flexibility index (Phi) is 7.09. The minimum absolute atomic E-state index is 0.115. The van der Waals surface area contributed by atoms with Crippen LogP contribution in [0.4, 0.5) is 5.69 Å². The second-order valence-corrected chi connectivity index (χ2v) is 9.09. The van der Waals surface area contributed by atoms with Crippen molar-refractivity contribution in [1.82, 2.24) is 20.4 Å². The van der Waals surface area contributed by atoms with Gasteiger partial charge in [-0.2, -0.15) is 0 Å². The number of fused-ring (bicyclic) bond motifs is 1. The van der Waals surface area contributed by atoms with E-state index >= 15 is 0 Å². The second kappa shape index (κ2) is 10.7. The molecule has 0 aliphatic carbocycles. The summed E-state index contributed by atoms with van der Waals surface area (Å²) in [5, 5.41) is 12.8. The number of hydrogen-bond acceptors (Lipinski definition) is 6. The fraction of sp³-hybridized carbons (Fsp3) is 0.276. The molecule has 1 amide bonds. The molecule has 0 saturated carbocycles. The van der Waals surface area contributed by atoms with Crippen molar-refractivity contribution < 1.29 is 9.53 Å². The number of hydrogen-bond donors (Lipinski definition) is 1. The van der Waals surface area contributed by atoms with Gasteiger partial charge in [-0.05, 0) is 43.3 Å². The molecular weight excluding hydrogens is 450 g/mol. The summed E-state index contributed by atoms with van der Waals surface area (Å²) < 4.78 is 5.26. The highest BCUT2D eigenvalue weighted by molar-refractivity contribution is 6.10. The molecule has 3 aromatic carbocycles. The van der Waals surface area contributed by atoms with Gasteiger partial charge in [-0.1, -0.05) is 42.0 Å². The van der Waals surface area contributed by atoms with Crippen molar-refractivity contribution in [2.45, 2.75) is 6.92 Å². The smallest absolute Gasteiger partial charge is 0.254 e. The molecule has 1 aliphatic rings. The molecule has 36 heavy (non-hydrogen) atoms. The number of rotatable bonds is 7. The first kappa shape index (κ1) is 23.8. The van der Waals surface area contributed by atoms with Crippen LogP contribution in [0, 0.1) is 6.92 Å². The molecule has 1 aromatic heterocycles. The standard InChI is InChI=1S/C29H31N5O2/c1-21-8-13-26-25(20-21)27(28(32-31-26)22-6-4-3-5-7-22)29(35)30-14-15-33-16-18-34(19-17-33)23-9-11-24(36-2)12-10-23/h3-13,20H,14-19H2,1-2H3,(H,30,35). The number of piperazine rings is 1. The number of anilines is 1. The Hall–Kier alpha value is -3.97. The highest BCUT2D eigenvalue weighted by atomic mass is 16.5. The number of aryl methyl sites for hydroxylation is 1. The van der Waals surface area contributed by atoms with Crippen LogP contribution >= 0.6 is 0 Å². The number of nitrogens with zero attached hydrogens (tertiary/aromatic N) is 4. The SMILES string of the molecule is COc1ccc(N2CCN(CCNC(=O)c3c(-c4ccccc4)nnc4ccc(C)cc34)CC2)cc1. The van der Waals surface area contributed by atoms with Crippen LogP contribution in [0.2, 0.25) is 0 Å². The Labute approximate surface area is 211 Å². The van der Waals surface area contributed by atoms with Gasteiger partial charge in [0.05, 0.1) is 18.2 Å². The van der Waals surface area contributed by atoms with Crippen LogP contribution < -0.4 is 15.0 Å². The topological polar surface area (TPSA) is 70.6 Å². The summed E-state index contributed by atoms with van der Waals surface area (Å²) in [7, 11) is 1.68. The monoisotopic (exact) mass is 481 g/mol. The molecule has 184 valence electrons. The lowest BCUT2D eigenvalue weighted by Crippen LogP contribution is -2.48. The van der Waals surface area contributed by atoms with Gasteiger partial charge < -0.3 is 15.0 Å².